The largest absolute Gasteiger partial charge is 0.379 e. The zero-order valence-electron chi connectivity index (χ0n) is 13.1. The van der Waals surface area contributed by atoms with Crippen LogP contribution < -0.4 is 0 Å². The lowest BCUT2D eigenvalue weighted by Gasteiger charge is -2.34. The molecule has 2 aliphatic heterocycles. The van der Waals surface area contributed by atoms with E-state index in [1.807, 2.05) is 0 Å². The van der Waals surface area contributed by atoms with E-state index >= 15 is 0 Å². The Kier molecular flexibility index (Phi) is 7.58. The Morgan fingerprint density at radius 1 is 0.727 bits per heavy atom. The van der Waals surface area contributed by atoms with E-state index in [1.165, 1.54) is 10.0 Å². The molecule has 2 aliphatic rings. The first-order chi connectivity index (χ1) is 10.8. The van der Waals surface area contributed by atoms with Crippen molar-refractivity contribution in [2.45, 2.75) is 0 Å². The van der Waals surface area contributed by atoms with Crippen LogP contribution in [0.1, 0.15) is 0 Å². The highest BCUT2D eigenvalue weighted by Gasteiger charge is 2.17. The SMILES string of the molecule is O=CN(CCN1CCOCC1)N(C=O)CCN1CCOCC1. The fourth-order valence-electron chi connectivity index (χ4n) is 2.62. The monoisotopic (exact) mass is 314 g/mol. The van der Waals surface area contributed by atoms with Gasteiger partial charge in [-0.2, -0.15) is 0 Å². The van der Waals surface area contributed by atoms with Crippen LogP contribution in [-0.4, -0.2) is 111 Å². The molecule has 22 heavy (non-hydrogen) atoms. The summed E-state index contributed by atoms with van der Waals surface area (Å²) in [6, 6.07) is 0. The summed E-state index contributed by atoms with van der Waals surface area (Å²) in [5.41, 5.74) is 0. The molecule has 126 valence electrons. The highest BCUT2D eigenvalue weighted by molar-refractivity contribution is 5.54. The third kappa shape index (κ3) is 5.53. The molecule has 0 unspecified atom stereocenters. The van der Waals surface area contributed by atoms with E-state index in [0.717, 1.165) is 78.5 Å². The van der Waals surface area contributed by atoms with Crippen molar-refractivity contribution < 1.29 is 19.1 Å². The minimum atomic E-state index is 0.519. The van der Waals surface area contributed by atoms with Crippen LogP contribution in [-0.2, 0) is 19.1 Å². The molecule has 0 aliphatic carbocycles. The van der Waals surface area contributed by atoms with Gasteiger partial charge in [0, 0.05) is 39.3 Å². The van der Waals surface area contributed by atoms with Crippen molar-refractivity contribution in [2.24, 2.45) is 0 Å². The van der Waals surface area contributed by atoms with Crippen LogP contribution in [0.15, 0.2) is 0 Å². The summed E-state index contributed by atoms with van der Waals surface area (Å²) in [4.78, 5) is 27.0. The summed E-state index contributed by atoms with van der Waals surface area (Å²) >= 11 is 0. The summed E-state index contributed by atoms with van der Waals surface area (Å²) in [7, 11) is 0. The number of hydrogen-bond acceptors (Lipinski definition) is 6. The lowest BCUT2D eigenvalue weighted by atomic mass is 10.4. The smallest absolute Gasteiger partial charge is 0.228 e. The molecule has 2 amide bonds. The van der Waals surface area contributed by atoms with Crippen molar-refractivity contribution in [3.63, 3.8) is 0 Å². The van der Waals surface area contributed by atoms with Crippen molar-refractivity contribution in [1.82, 2.24) is 19.8 Å². The lowest BCUT2D eigenvalue weighted by Crippen LogP contribution is -2.49. The highest BCUT2D eigenvalue weighted by atomic mass is 16.5. The Balaban J connectivity index is 1.72. The molecule has 8 nitrogen and oxygen atoms in total. The molecule has 0 radical (unpaired) electrons. The van der Waals surface area contributed by atoms with Crippen molar-refractivity contribution in [2.75, 3.05) is 78.8 Å². The predicted octanol–water partition coefficient (Wildman–Crippen LogP) is -1.52. The van der Waals surface area contributed by atoms with Gasteiger partial charge in [0.25, 0.3) is 0 Å². The summed E-state index contributed by atoms with van der Waals surface area (Å²) in [5, 5.41) is 2.92. The molecule has 2 heterocycles. The second kappa shape index (κ2) is 9.73. The summed E-state index contributed by atoms with van der Waals surface area (Å²) in [5.74, 6) is 0. The van der Waals surface area contributed by atoms with E-state index in [4.69, 9.17) is 9.47 Å². The lowest BCUT2D eigenvalue weighted by molar-refractivity contribution is -0.148. The molecule has 2 fully saturated rings. The third-order valence-corrected chi connectivity index (χ3v) is 4.07. The fraction of sp³-hybridized carbons (Fsp3) is 0.857. The van der Waals surface area contributed by atoms with Gasteiger partial charge in [0.15, 0.2) is 0 Å². The average Bonchev–Trinajstić information content (AvgIpc) is 2.59. The molecule has 0 spiro atoms. The van der Waals surface area contributed by atoms with Gasteiger partial charge in [-0.05, 0) is 0 Å². The van der Waals surface area contributed by atoms with Crippen molar-refractivity contribution >= 4 is 12.8 Å². The second-order valence-corrected chi connectivity index (χ2v) is 5.44. The zero-order valence-corrected chi connectivity index (χ0v) is 13.1. The van der Waals surface area contributed by atoms with E-state index < -0.39 is 0 Å². The normalized spacial score (nSPS) is 20.5. The van der Waals surface area contributed by atoms with Crippen LogP contribution in [0.2, 0.25) is 0 Å². The van der Waals surface area contributed by atoms with Gasteiger partial charge in [-0.3, -0.25) is 29.4 Å². The molecule has 0 aromatic heterocycles. The first-order valence-corrected chi connectivity index (χ1v) is 7.87. The Morgan fingerprint density at radius 3 is 1.41 bits per heavy atom. The van der Waals surface area contributed by atoms with Crippen LogP contribution in [0, 0.1) is 0 Å². The number of ether oxygens (including phenoxy) is 2. The number of hydrogen-bond donors (Lipinski definition) is 0. The molecular formula is C14H26N4O4. The van der Waals surface area contributed by atoms with Crippen LogP contribution >= 0.6 is 0 Å². The summed E-state index contributed by atoms with van der Waals surface area (Å²) in [6.07, 6.45) is 1.46. The van der Waals surface area contributed by atoms with Gasteiger partial charge in [-0.15, -0.1) is 0 Å². The Bertz CT molecular complexity index is 301. The number of carbonyl (C=O) groups is 2. The van der Waals surface area contributed by atoms with E-state index in [9.17, 15) is 9.59 Å². The van der Waals surface area contributed by atoms with Gasteiger partial charge in [-0.1, -0.05) is 0 Å². The van der Waals surface area contributed by atoms with Gasteiger partial charge >= 0.3 is 0 Å². The van der Waals surface area contributed by atoms with Gasteiger partial charge in [-0.25, -0.2) is 0 Å². The van der Waals surface area contributed by atoms with Gasteiger partial charge in [0.2, 0.25) is 12.8 Å². The Morgan fingerprint density at radius 2 is 1.09 bits per heavy atom. The quantitative estimate of drug-likeness (QED) is 0.380. The van der Waals surface area contributed by atoms with E-state index in [1.54, 1.807) is 0 Å². The number of amides is 2. The predicted molar refractivity (Wildman–Crippen MR) is 80.1 cm³/mol. The number of carbonyl (C=O) groups excluding carboxylic acids is 2. The van der Waals surface area contributed by atoms with Crippen LogP contribution in [0.25, 0.3) is 0 Å². The van der Waals surface area contributed by atoms with Crippen LogP contribution in [0.5, 0.6) is 0 Å². The number of hydrazine groups is 1. The van der Waals surface area contributed by atoms with Gasteiger partial charge in [0.1, 0.15) is 0 Å². The van der Waals surface area contributed by atoms with Crippen molar-refractivity contribution in [1.29, 1.82) is 0 Å². The number of rotatable bonds is 9. The maximum atomic E-state index is 11.3. The highest BCUT2D eigenvalue weighted by Crippen LogP contribution is 2.01. The topological polar surface area (TPSA) is 65.6 Å². The molecule has 2 rings (SSSR count). The maximum absolute atomic E-state index is 11.3. The molecule has 0 aromatic rings. The molecular weight excluding hydrogens is 288 g/mol. The maximum Gasteiger partial charge on any atom is 0.228 e. The minimum Gasteiger partial charge on any atom is -0.379 e. The third-order valence-electron chi connectivity index (χ3n) is 4.07. The van der Waals surface area contributed by atoms with Crippen molar-refractivity contribution in [3.05, 3.63) is 0 Å². The van der Waals surface area contributed by atoms with E-state index in [-0.39, 0.29) is 0 Å². The van der Waals surface area contributed by atoms with E-state index in [0.29, 0.717) is 13.1 Å². The van der Waals surface area contributed by atoms with E-state index in [2.05, 4.69) is 9.80 Å². The summed E-state index contributed by atoms with van der Waals surface area (Å²) < 4.78 is 10.6. The summed E-state index contributed by atoms with van der Waals surface area (Å²) in [6.45, 7) is 8.98. The fourth-order valence-corrected chi connectivity index (χ4v) is 2.62. The molecule has 0 saturated carbocycles. The minimum absolute atomic E-state index is 0.519. The molecule has 0 atom stereocenters. The first-order valence-electron chi connectivity index (χ1n) is 7.87. The van der Waals surface area contributed by atoms with Gasteiger partial charge < -0.3 is 9.47 Å². The van der Waals surface area contributed by atoms with Crippen LogP contribution in [0.4, 0.5) is 0 Å². The Labute approximate surface area is 131 Å². The molecule has 8 heteroatoms. The molecule has 0 N–H and O–H groups in total. The average molecular weight is 314 g/mol. The first kappa shape index (κ1) is 17.1. The molecule has 2 saturated heterocycles. The number of morpholine rings is 2. The standard InChI is InChI=1S/C14H26N4O4/c19-13-17(3-1-15-5-9-21-10-6-15)18(14-20)4-2-16-7-11-22-12-8-16/h13-14H,1-12H2. The van der Waals surface area contributed by atoms with Crippen LogP contribution in [0.3, 0.4) is 0 Å². The zero-order chi connectivity index (χ0) is 15.6. The molecule has 0 bridgehead atoms. The molecule has 0 aromatic carbocycles. The second-order valence-electron chi connectivity index (χ2n) is 5.44. The Hall–Kier alpha value is -1.22. The van der Waals surface area contributed by atoms with Gasteiger partial charge in [0.05, 0.1) is 39.5 Å². The van der Waals surface area contributed by atoms with Crippen molar-refractivity contribution in [3.8, 4) is 0 Å². The number of nitrogens with zero attached hydrogens (tertiary/aromatic N) is 4.